The summed E-state index contributed by atoms with van der Waals surface area (Å²) in [6.45, 7) is 6.40. The van der Waals surface area contributed by atoms with Gasteiger partial charge in [0.05, 0.1) is 0 Å². The predicted octanol–water partition coefficient (Wildman–Crippen LogP) is 3.00. The van der Waals surface area contributed by atoms with Gasteiger partial charge in [0.25, 0.3) is 0 Å². The summed E-state index contributed by atoms with van der Waals surface area (Å²) in [5, 5.41) is 4.21. The van der Waals surface area contributed by atoms with Gasteiger partial charge in [0, 0.05) is 55.9 Å². The third kappa shape index (κ3) is 4.82. The van der Waals surface area contributed by atoms with Crippen LogP contribution in [0.4, 0.5) is 11.6 Å². The molecule has 29 heavy (non-hydrogen) atoms. The molecule has 156 valence electrons. The van der Waals surface area contributed by atoms with Crippen molar-refractivity contribution in [2.24, 2.45) is 0 Å². The lowest BCUT2D eigenvalue weighted by Crippen LogP contribution is -2.63. The van der Waals surface area contributed by atoms with E-state index in [0.717, 1.165) is 49.3 Å². The summed E-state index contributed by atoms with van der Waals surface area (Å²) in [5.41, 5.74) is 1.58. The van der Waals surface area contributed by atoms with Gasteiger partial charge in [0.2, 0.25) is 0 Å². The molecule has 2 fully saturated rings. The lowest BCUT2D eigenvalue weighted by Gasteiger charge is -2.52. The van der Waals surface area contributed by atoms with E-state index in [4.69, 9.17) is 11.6 Å². The first kappa shape index (κ1) is 20.4. The number of benzene rings is 1. The topological polar surface area (TPSA) is 47.5 Å². The van der Waals surface area contributed by atoms with E-state index < -0.39 is 0 Å². The fourth-order valence-corrected chi connectivity index (χ4v) is 4.68. The van der Waals surface area contributed by atoms with Crippen molar-refractivity contribution in [3.05, 3.63) is 47.2 Å². The summed E-state index contributed by atoms with van der Waals surface area (Å²) in [6, 6.07) is 10.1. The Balaban J connectivity index is 1.32. The number of likely N-dealkylation sites (N-methyl/N-ethyl adjacent to an activating group) is 2. The smallest absolute Gasteiger partial charge is 0.134 e. The minimum atomic E-state index is 0.316. The van der Waals surface area contributed by atoms with Gasteiger partial charge in [0.15, 0.2) is 0 Å². The van der Waals surface area contributed by atoms with Crippen molar-refractivity contribution in [2.75, 3.05) is 63.6 Å². The minimum absolute atomic E-state index is 0.316. The van der Waals surface area contributed by atoms with Crippen molar-refractivity contribution in [1.82, 2.24) is 19.8 Å². The Morgan fingerprint density at radius 1 is 1.03 bits per heavy atom. The lowest BCUT2D eigenvalue weighted by atomic mass is 9.84. The van der Waals surface area contributed by atoms with Crippen LogP contribution in [0.15, 0.2) is 36.7 Å². The molecule has 7 heteroatoms. The van der Waals surface area contributed by atoms with Crippen molar-refractivity contribution < 1.29 is 0 Å². The molecule has 0 aliphatic carbocycles. The van der Waals surface area contributed by atoms with Gasteiger partial charge in [-0.1, -0.05) is 23.7 Å². The van der Waals surface area contributed by atoms with Gasteiger partial charge in [-0.15, -0.1) is 0 Å². The highest BCUT2D eigenvalue weighted by atomic mass is 35.5. The fourth-order valence-electron chi connectivity index (χ4n) is 4.55. The van der Waals surface area contributed by atoms with E-state index in [-0.39, 0.29) is 0 Å². The Morgan fingerprint density at radius 3 is 2.55 bits per heavy atom. The molecule has 1 aromatic carbocycles. The minimum Gasteiger partial charge on any atom is -0.370 e. The van der Waals surface area contributed by atoms with Gasteiger partial charge < -0.3 is 15.1 Å². The van der Waals surface area contributed by atoms with Crippen molar-refractivity contribution in [1.29, 1.82) is 0 Å². The van der Waals surface area contributed by atoms with Crippen LogP contribution in [0.5, 0.6) is 0 Å². The highest BCUT2D eigenvalue weighted by molar-refractivity contribution is 6.30. The number of halogens is 1. The van der Waals surface area contributed by atoms with E-state index in [2.05, 4.69) is 62.3 Å². The van der Waals surface area contributed by atoms with Crippen LogP contribution in [0, 0.1) is 0 Å². The molecule has 4 rings (SSSR count). The molecule has 2 aliphatic heterocycles. The Bertz CT molecular complexity index is 803. The molecule has 1 spiro atoms. The molecule has 1 aromatic heterocycles. The second-order valence-corrected chi connectivity index (χ2v) is 8.87. The summed E-state index contributed by atoms with van der Waals surface area (Å²) in [4.78, 5) is 16.4. The zero-order valence-corrected chi connectivity index (χ0v) is 18.2. The number of nitrogens with one attached hydrogen (secondary N) is 1. The fraction of sp³-hybridized carbons (Fsp3) is 0.545. The maximum atomic E-state index is 5.95. The Hall–Kier alpha value is -1.89. The van der Waals surface area contributed by atoms with Gasteiger partial charge in [0.1, 0.15) is 18.0 Å². The van der Waals surface area contributed by atoms with Crippen LogP contribution in [0.2, 0.25) is 5.02 Å². The van der Waals surface area contributed by atoms with E-state index in [9.17, 15) is 0 Å². The molecule has 1 N–H and O–H groups in total. The molecule has 0 saturated carbocycles. The number of nitrogens with zero attached hydrogens (tertiary/aromatic N) is 5. The van der Waals surface area contributed by atoms with Crippen LogP contribution >= 0.6 is 11.6 Å². The number of hydrogen-bond donors (Lipinski definition) is 1. The average Bonchev–Trinajstić information content (AvgIpc) is 2.73. The van der Waals surface area contributed by atoms with E-state index in [1.165, 1.54) is 31.5 Å². The van der Waals surface area contributed by atoms with Crippen LogP contribution in [-0.4, -0.2) is 78.7 Å². The van der Waals surface area contributed by atoms with Gasteiger partial charge in [-0.3, -0.25) is 4.90 Å². The quantitative estimate of drug-likeness (QED) is 0.811. The highest BCUT2D eigenvalue weighted by Crippen LogP contribution is 2.32. The maximum absolute atomic E-state index is 5.95. The molecule has 3 heterocycles. The first-order valence-electron chi connectivity index (χ1n) is 10.5. The maximum Gasteiger partial charge on any atom is 0.134 e. The zero-order valence-electron chi connectivity index (χ0n) is 17.4. The lowest BCUT2D eigenvalue weighted by molar-refractivity contribution is 0.00938. The van der Waals surface area contributed by atoms with E-state index in [1.807, 2.05) is 12.1 Å². The molecule has 2 saturated heterocycles. The number of rotatable bonds is 5. The molecule has 0 unspecified atom stereocenters. The molecule has 0 bridgehead atoms. The van der Waals surface area contributed by atoms with Crippen LogP contribution in [0.25, 0.3) is 0 Å². The molecular formula is C22H31ClN6. The predicted molar refractivity (Wildman–Crippen MR) is 120 cm³/mol. The third-order valence-electron chi connectivity index (χ3n) is 6.49. The summed E-state index contributed by atoms with van der Waals surface area (Å²) in [7, 11) is 4.53. The van der Waals surface area contributed by atoms with Crippen LogP contribution in [-0.2, 0) is 6.42 Å². The molecule has 2 aromatic rings. The van der Waals surface area contributed by atoms with E-state index in [1.54, 1.807) is 6.33 Å². The Morgan fingerprint density at radius 2 is 1.79 bits per heavy atom. The molecule has 0 atom stereocenters. The first-order valence-corrected chi connectivity index (χ1v) is 10.9. The van der Waals surface area contributed by atoms with Crippen LogP contribution in [0.1, 0.15) is 18.4 Å². The Kier molecular flexibility index (Phi) is 6.23. The molecule has 6 nitrogen and oxygen atoms in total. The van der Waals surface area contributed by atoms with Crippen molar-refractivity contribution >= 4 is 23.2 Å². The van der Waals surface area contributed by atoms with E-state index in [0.29, 0.717) is 5.54 Å². The molecule has 0 radical (unpaired) electrons. The first-order chi connectivity index (χ1) is 14.0. The van der Waals surface area contributed by atoms with Crippen molar-refractivity contribution in [3.63, 3.8) is 0 Å². The number of anilines is 2. The van der Waals surface area contributed by atoms with Gasteiger partial charge in [-0.25, -0.2) is 9.97 Å². The SMILES string of the molecule is CN1CCN(C)C2(CCN(c3cc(NCCc4ccc(Cl)cc4)ncn3)CC2)C1. The number of aromatic nitrogens is 2. The summed E-state index contributed by atoms with van der Waals surface area (Å²) >= 11 is 5.95. The third-order valence-corrected chi connectivity index (χ3v) is 6.75. The van der Waals surface area contributed by atoms with Gasteiger partial charge in [-0.2, -0.15) is 0 Å². The number of piperidine rings is 1. The normalized spacial score (nSPS) is 20.2. The van der Waals surface area contributed by atoms with Crippen LogP contribution < -0.4 is 10.2 Å². The number of hydrogen-bond acceptors (Lipinski definition) is 6. The van der Waals surface area contributed by atoms with E-state index >= 15 is 0 Å². The van der Waals surface area contributed by atoms with Crippen molar-refractivity contribution in [3.8, 4) is 0 Å². The second-order valence-electron chi connectivity index (χ2n) is 8.44. The summed E-state index contributed by atoms with van der Waals surface area (Å²) in [6.07, 6.45) is 4.96. The van der Waals surface area contributed by atoms with Gasteiger partial charge in [-0.05, 0) is 51.1 Å². The molecule has 0 amide bonds. The molecule has 2 aliphatic rings. The Labute approximate surface area is 178 Å². The molecular weight excluding hydrogens is 384 g/mol. The second kappa shape index (κ2) is 8.86. The van der Waals surface area contributed by atoms with Crippen molar-refractivity contribution in [2.45, 2.75) is 24.8 Å². The monoisotopic (exact) mass is 414 g/mol. The zero-order chi connectivity index (χ0) is 20.3. The standard InChI is InChI=1S/C22H31ClN6/c1-27-13-14-28(2)22(16-27)8-11-29(12-9-22)21-15-20(25-17-26-21)24-10-7-18-3-5-19(23)6-4-18/h3-6,15,17H,7-14,16H2,1-2H3,(H,24,25,26). The van der Waals surface area contributed by atoms with Crippen LogP contribution in [0.3, 0.4) is 0 Å². The van der Waals surface area contributed by atoms with Gasteiger partial charge >= 0.3 is 0 Å². The summed E-state index contributed by atoms with van der Waals surface area (Å²) in [5.74, 6) is 1.91. The largest absolute Gasteiger partial charge is 0.370 e. The highest BCUT2D eigenvalue weighted by Gasteiger charge is 2.41. The number of piperazine rings is 1. The summed E-state index contributed by atoms with van der Waals surface area (Å²) < 4.78 is 0. The average molecular weight is 415 g/mol.